The van der Waals surface area contributed by atoms with Gasteiger partial charge in [-0.15, -0.1) is 0 Å². The summed E-state index contributed by atoms with van der Waals surface area (Å²) in [5, 5.41) is 1.84. The summed E-state index contributed by atoms with van der Waals surface area (Å²) in [7, 11) is 0. The number of hydrogen-bond acceptors (Lipinski definition) is 4. The van der Waals surface area contributed by atoms with Crippen molar-refractivity contribution < 1.29 is 4.79 Å². The summed E-state index contributed by atoms with van der Waals surface area (Å²) in [6.07, 6.45) is 3.07. The molecule has 62 valence electrons. The lowest BCUT2D eigenvalue weighted by atomic mass is 10.2. The van der Waals surface area contributed by atoms with Crippen LogP contribution in [0, 0.1) is 0 Å². The minimum atomic E-state index is -0.329. The van der Waals surface area contributed by atoms with Gasteiger partial charge in [0.05, 0.1) is 6.34 Å². The Morgan fingerprint density at radius 1 is 1.91 bits per heavy atom. The van der Waals surface area contributed by atoms with Gasteiger partial charge in [0.1, 0.15) is 0 Å². The first-order chi connectivity index (χ1) is 5.29. The van der Waals surface area contributed by atoms with Crippen molar-refractivity contribution >= 4 is 12.6 Å². The van der Waals surface area contributed by atoms with E-state index >= 15 is 0 Å². The van der Waals surface area contributed by atoms with E-state index in [0.29, 0.717) is 6.04 Å². The van der Waals surface area contributed by atoms with Crippen molar-refractivity contribution in [2.45, 2.75) is 32.5 Å². The monoisotopic (exact) mass is 155 g/mol. The van der Waals surface area contributed by atoms with E-state index in [1.165, 1.54) is 0 Å². The van der Waals surface area contributed by atoms with Gasteiger partial charge >= 0.3 is 0 Å². The molecule has 0 radical (unpaired) electrons. The average Bonchev–Trinajstić information content (AvgIpc) is 2.50. The molecule has 0 amide bonds. The summed E-state index contributed by atoms with van der Waals surface area (Å²) in [6, 6.07) is 0.340. The summed E-state index contributed by atoms with van der Waals surface area (Å²) in [5.41, 5.74) is 2.92. The van der Waals surface area contributed by atoms with E-state index in [-0.39, 0.29) is 6.17 Å². The molecule has 0 aromatic carbocycles. The summed E-state index contributed by atoms with van der Waals surface area (Å²) in [6.45, 7) is 4.13. The number of hydrogen-bond donors (Lipinski definition) is 1. The molecule has 0 spiro atoms. The largest absolute Gasteiger partial charge is 0.307 e. The topological polar surface area (TPSA) is 44.7 Å². The molecule has 0 bridgehead atoms. The number of carbonyl (C=O) groups excluding carboxylic acids is 1. The zero-order valence-electron chi connectivity index (χ0n) is 6.82. The molecule has 0 saturated carbocycles. The number of aldehydes is 1. The van der Waals surface area contributed by atoms with Crippen molar-refractivity contribution in [3.05, 3.63) is 0 Å². The van der Waals surface area contributed by atoms with Crippen molar-refractivity contribution in [1.29, 1.82) is 0 Å². The fraction of sp³-hybridized carbons (Fsp3) is 0.714. The third kappa shape index (κ3) is 1.57. The Labute approximate surface area is 66.3 Å². The van der Waals surface area contributed by atoms with Crippen molar-refractivity contribution in [3.63, 3.8) is 0 Å². The Balaban J connectivity index is 2.53. The zero-order chi connectivity index (χ0) is 8.27. The Kier molecular flexibility index (Phi) is 2.59. The SMILES string of the molecule is CCC(C)N1NC=NC1C=O. The molecule has 1 rings (SSSR count). The van der Waals surface area contributed by atoms with Gasteiger partial charge in [-0.1, -0.05) is 6.92 Å². The van der Waals surface area contributed by atoms with Crippen LogP contribution in [0.15, 0.2) is 4.99 Å². The molecular formula is C7H13N3O. The van der Waals surface area contributed by atoms with E-state index in [9.17, 15) is 4.79 Å². The first kappa shape index (κ1) is 8.20. The van der Waals surface area contributed by atoms with Crippen molar-refractivity contribution in [3.8, 4) is 0 Å². The molecule has 1 aliphatic rings. The highest BCUT2D eigenvalue weighted by Gasteiger charge is 2.23. The minimum Gasteiger partial charge on any atom is -0.307 e. The predicted octanol–water partition coefficient (Wildman–Crippen LogP) is 0.158. The van der Waals surface area contributed by atoms with Crippen LogP contribution < -0.4 is 5.43 Å². The molecule has 2 unspecified atom stereocenters. The fourth-order valence-electron chi connectivity index (χ4n) is 1.01. The first-order valence-electron chi connectivity index (χ1n) is 3.81. The number of aliphatic imine (C=N–C) groups is 1. The van der Waals surface area contributed by atoms with Crippen LogP contribution in [-0.2, 0) is 4.79 Å². The molecule has 2 atom stereocenters. The molecule has 0 aromatic rings. The van der Waals surface area contributed by atoms with Crippen LogP contribution in [0.5, 0.6) is 0 Å². The molecule has 11 heavy (non-hydrogen) atoms. The third-order valence-electron chi connectivity index (χ3n) is 1.91. The average molecular weight is 155 g/mol. The second-order valence-corrected chi connectivity index (χ2v) is 2.62. The van der Waals surface area contributed by atoms with Crippen LogP contribution in [0.2, 0.25) is 0 Å². The van der Waals surface area contributed by atoms with Gasteiger partial charge in [-0.05, 0) is 13.3 Å². The molecule has 0 fully saturated rings. The normalized spacial score (nSPS) is 26.5. The van der Waals surface area contributed by atoms with E-state index in [0.717, 1.165) is 12.7 Å². The highest BCUT2D eigenvalue weighted by atomic mass is 16.1. The Morgan fingerprint density at radius 2 is 2.64 bits per heavy atom. The molecule has 4 nitrogen and oxygen atoms in total. The van der Waals surface area contributed by atoms with Crippen molar-refractivity contribution in [1.82, 2.24) is 10.4 Å². The van der Waals surface area contributed by atoms with Crippen LogP contribution in [0.4, 0.5) is 0 Å². The summed E-state index contributed by atoms with van der Waals surface area (Å²) in [5.74, 6) is 0. The number of nitrogens with zero attached hydrogens (tertiary/aromatic N) is 2. The number of nitrogens with one attached hydrogen (secondary N) is 1. The Morgan fingerprint density at radius 3 is 3.18 bits per heavy atom. The summed E-state index contributed by atoms with van der Waals surface area (Å²) in [4.78, 5) is 14.4. The van der Waals surface area contributed by atoms with Gasteiger partial charge in [0, 0.05) is 6.04 Å². The van der Waals surface area contributed by atoms with Gasteiger partial charge in [0.25, 0.3) is 0 Å². The second-order valence-electron chi connectivity index (χ2n) is 2.62. The molecule has 1 heterocycles. The molecule has 1 N–H and O–H groups in total. The Hall–Kier alpha value is -0.900. The molecule has 1 aliphatic heterocycles. The van der Waals surface area contributed by atoms with E-state index in [1.807, 2.05) is 5.01 Å². The van der Waals surface area contributed by atoms with Gasteiger partial charge in [0.2, 0.25) is 0 Å². The highest BCUT2D eigenvalue weighted by molar-refractivity contribution is 5.66. The molecule has 4 heteroatoms. The number of carbonyl (C=O) groups is 1. The lowest BCUT2D eigenvalue weighted by molar-refractivity contribution is -0.113. The zero-order valence-corrected chi connectivity index (χ0v) is 6.82. The fourth-order valence-corrected chi connectivity index (χ4v) is 1.01. The van der Waals surface area contributed by atoms with Crippen LogP contribution in [0.25, 0.3) is 0 Å². The second kappa shape index (κ2) is 3.48. The van der Waals surface area contributed by atoms with Gasteiger partial charge in [0.15, 0.2) is 12.5 Å². The molecule has 0 saturated heterocycles. The Bertz CT molecular complexity index is 169. The van der Waals surface area contributed by atoms with E-state index in [2.05, 4.69) is 24.3 Å². The highest BCUT2D eigenvalue weighted by Crippen LogP contribution is 2.07. The van der Waals surface area contributed by atoms with E-state index in [1.54, 1.807) is 6.34 Å². The molecule has 0 aliphatic carbocycles. The van der Waals surface area contributed by atoms with Gasteiger partial charge in [-0.2, -0.15) is 5.01 Å². The minimum absolute atomic E-state index is 0.329. The maximum Gasteiger partial charge on any atom is 0.176 e. The van der Waals surface area contributed by atoms with Crippen molar-refractivity contribution in [2.75, 3.05) is 0 Å². The van der Waals surface area contributed by atoms with Crippen LogP contribution in [0.1, 0.15) is 20.3 Å². The quantitative estimate of drug-likeness (QED) is 0.590. The first-order valence-corrected chi connectivity index (χ1v) is 3.81. The lowest BCUT2D eigenvalue weighted by Crippen LogP contribution is -2.45. The summed E-state index contributed by atoms with van der Waals surface area (Å²) >= 11 is 0. The smallest absolute Gasteiger partial charge is 0.176 e. The lowest BCUT2D eigenvalue weighted by Gasteiger charge is -2.24. The van der Waals surface area contributed by atoms with Crippen molar-refractivity contribution in [2.24, 2.45) is 4.99 Å². The van der Waals surface area contributed by atoms with Gasteiger partial charge in [-0.3, -0.25) is 4.79 Å². The van der Waals surface area contributed by atoms with Gasteiger partial charge in [-0.25, -0.2) is 4.99 Å². The maximum absolute atomic E-state index is 10.4. The standard InChI is InChI=1S/C7H13N3O/c1-3-6(2)10-7(4-11)8-5-9-10/h4-7H,3H2,1-2H3,(H,8,9). The summed E-state index contributed by atoms with van der Waals surface area (Å²) < 4.78 is 0. The van der Waals surface area contributed by atoms with Crippen LogP contribution in [-0.4, -0.2) is 29.8 Å². The van der Waals surface area contributed by atoms with Crippen LogP contribution in [0.3, 0.4) is 0 Å². The predicted molar refractivity (Wildman–Crippen MR) is 43.1 cm³/mol. The third-order valence-corrected chi connectivity index (χ3v) is 1.91. The maximum atomic E-state index is 10.4. The van der Waals surface area contributed by atoms with Gasteiger partial charge < -0.3 is 5.43 Å². The molecule has 0 aromatic heterocycles. The van der Waals surface area contributed by atoms with E-state index in [4.69, 9.17) is 0 Å². The number of rotatable bonds is 3. The van der Waals surface area contributed by atoms with E-state index < -0.39 is 0 Å². The number of hydrazine groups is 1. The van der Waals surface area contributed by atoms with Crippen LogP contribution >= 0.6 is 0 Å². The molecular weight excluding hydrogens is 142 g/mol.